The minimum absolute atomic E-state index is 0.0963. The van der Waals surface area contributed by atoms with Crippen LogP contribution in [0.3, 0.4) is 0 Å². The monoisotopic (exact) mass is 297 g/mol. The number of hydrogen-bond acceptors (Lipinski definition) is 5. The van der Waals surface area contributed by atoms with E-state index < -0.39 is 29.4 Å². The SMILES string of the molecule is CC(=O)c1ccc2c(c1)N(CC(O)CO)C(=O)CS2=O. The average Bonchev–Trinajstić information content (AvgIpc) is 2.42. The quantitative estimate of drug-likeness (QED) is 0.744. The van der Waals surface area contributed by atoms with Crippen molar-refractivity contribution in [2.45, 2.75) is 17.9 Å². The summed E-state index contributed by atoms with van der Waals surface area (Å²) in [6.07, 6.45) is -1.08. The van der Waals surface area contributed by atoms with Crippen LogP contribution in [0.1, 0.15) is 17.3 Å². The van der Waals surface area contributed by atoms with E-state index in [1.165, 1.54) is 17.9 Å². The van der Waals surface area contributed by atoms with Gasteiger partial charge in [0.1, 0.15) is 5.75 Å². The number of aliphatic hydroxyl groups is 2. The minimum Gasteiger partial charge on any atom is -0.394 e. The molecule has 2 unspecified atom stereocenters. The number of carbonyl (C=O) groups excluding carboxylic acids is 2. The first-order valence-electron chi connectivity index (χ1n) is 6.06. The molecular weight excluding hydrogens is 282 g/mol. The van der Waals surface area contributed by atoms with E-state index in [0.29, 0.717) is 16.1 Å². The summed E-state index contributed by atoms with van der Waals surface area (Å²) in [5, 5.41) is 18.4. The summed E-state index contributed by atoms with van der Waals surface area (Å²) in [6.45, 7) is 0.825. The van der Waals surface area contributed by atoms with Gasteiger partial charge in [-0.25, -0.2) is 0 Å². The molecule has 0 saturated carbocycles. The Morgan fingerprint density at radius 1 is 1.50 bits per heavy atom. The Hall–Kier alpha value is -1.57. The molecule has 108 valence electrons. The van der Waals surface area contributed by atoms with E-state index in [2.05, 4.69) is 0 Å². The van der Waals surface area contributed by atoms with Gasteiger partial charge in [-0.3, -0.25) is 13.8 Å². The Balaban J connectivity index is 2.47. The summed E-state index contributed by atoms with van der Waals surface area (Å²) >= 11 is 0. The van der Waals surface area contributed by atoms with Crippen molar-refractivity contribution in [1.29, 1.82) is 0 Å². The van der Waals surface area contributed by atoms with Crippen LogP contribution in [-0.4, -0.2) is 51.1 Å². The van der Waals surface area contributed by atoms with Gasteiger partial charge in [-0.15, -0.1) is 0 Å². The number of carbonyl (C=O) groups is 2. The molecule has 1 aromatic rings. The molecule has 0 bridgehead atoms. The van der Waals surface area contributed by atoms with Crippen molar-refractivity contribution in [3.8, 4) is 0 Å². The number of hydrogen-bond donors (Lipinski definition) is 2. The number of nitrogens with zero attached hydrogens (tertiary/aromatic N) is 1. The molecule has 1 aromatic carbocycles. The van der Waals surface area contributed by atoms with Crippen molar-refractivity contribution < 1.29 is 24.0 Å². The van der Waals surface area contributed by atoms with E-state index in [0.717, 1.165) is 0 Å². The first kappa shape index (κ1) is 14.8. The van der Waals surface area contributed by atoms with Gasteiger partial charge in [0.15, 0.2) is 5.78 Å². The molecule has 0 aromatic heterocycles. The number of β-amino-alcohol motifs (C(OH)–C–C–N with tert-alkyl or cyclic N) is 1. The number of fused-ring (bicyclic) bond motifs is 1. The molecule has 2 N–H and O–H groups in total. The maximum absolute atomic E-state index is 12.0. The highest BCUT2D eigenvalue weighted by Crippen LogP contribution is 2.30. The van der Waals surface area contributed by atoms with Gasteiger partial charge in [-0.2, -0.15) is 0 Å². The molecule has 6 nitrogen and oxygen atoms in total. The zero-order valence-electron chi connectivity index (χ0n) is 10.9. The fourth-order valence-corrected chi connectivity index (χ4v) is 3.17. The molecule has 1 amide bonds. The third-order valence-electron chi connectivity index (χ3n) is 3.06. The van der Waals surface area contributed by atoms with E-state index in [4.69, 9.17) is 5.11 Å². The lowest BCUT2D eigenvalue weighted by Gasteiger charge is -2.30. The van der Waals surface area contributed by atoms with Crippen molar-refractivity contribution >= 4 is 28.2 Å². The number of benzene rings is 1. The lowest BCUT2D eigenvalue weighted by molar-refractivity contribution is -0.116. The first-order chi connectivity index (χ1) is 9.43. The summed E-state index contributed by atoms with van der Waals surface area (Å²) in [5.74, 6) is -0.729. The fourth-order valence-electron chi connectivity index (χ4n) is 2.01. The number of anilines is 1. The Kier molecular flexibility index (Phi) is 4.32. The summed E-state index contributed by atoms with van der Waals surface area (Å²) in [5.41, 5.74) is 0.763. The zero-order valence-corrected chi connectivity index (χ0v) is 11.7. The minimum atomic E-state index is -1.45. The van der Waals surface area contributed by atoms with Gasteiger partial charge < -0.3 is 15.1 Å². The predicted molar refractivity (Wildman–Crippen MR) is 73.2 cm³/mol. The third-order valence-corrected chi connectivity index (χ3v) is 4.41. The summed E-state index contributed by atoms with van der Waals surface area (Å²) in [4.78, 5) is 25.1. The molecule has 2 atom stereocenters. The van der Waals surface area contributed by atoms with Crippen molar-refractivity contribution in [1.82, 2.24) is 0 Å². The van der Waals surface area contributed by atoms with Crippen LogP contribution in [0.5, 0.6) is 0 Å². The Labute approximate surface area is 118 Å². The number of aliphatic hydroxyl groups excluding tert-OH is 2. The molecule has 0 fully saturated rings. The van der Waals surface area contributed by atoms with Crippen LogP contribution in [0.2, 0.25) is 0 Å². The molecule has 0 radical (unpaired) electrons. The van der Waals surface area contributed by atoms with Gasteiger partial charge in [0.25, 0.3) is 0 Å². The molecular formula is C13H15NO5S. The molecule has 0 spiro atoms. The van der Waals surface area contributed by atoms with Crippen LogP contribution in [0, 0.1) is 0 Å². The van der Waals surface area contributed by atoms with Crippen molar-refractivity contribution in [2.24, 2.45) is 0 Å². The lowest BCUT2D eigenvalue weighted by atomic mass is 10.1. The summed E-state index contributed by atoms with van der Waals surface area (Å²) in [7, 11) is -1.45. The Morgan fingerprint density at radius 2 is 2.20 bits per heavy atom. The van der Waals surface area contributed by atoms with Crippen molar-refractivity contribution in [2.75, 3.05) is 23.8 Å². The van der Waals surface area contributed by atoms with E-state index in [1.54, 1.807) is 12.1 Å². The van der Waals surface area contributed by atoms with E-state index >= 15 is 0 Å². The van der Waals surface area contributed by atoms with E-state index in [1.807, 2.05) is 0 Å². The lowest BCUT2D eigenvalue weighted by Crippen LogP contribution is -2.44. The molecule has 2 rings (SSSR count). The third kappa shape index (κ3) is 2.79. The van der Waals surface area contributed by atoms with Crippen molar-refractivity contribution in [3.63, 3.8) is 0 Å². The first-order valence-corrected chi connectivity index (χ1v) is 7.38. The molecule has 1 aliphatic heterocycles. The van der Waals surface area contributed by atoms with Crippen LogP contribution >= 0.6 is 0 Å². The number of ketones is 1. The van der Waals surface area contributed by atoms with Crippen LogP contribution in [0.15, 0.2) is 23.1 Å². The van der Waals surface area contributed by atoms with Crippen LogP contribution in [-0.2, 0) is 15.6 Å². The number of Topliss-reactive ketones (excluding diaryl/α,β-unsaturated/α-hetero) is 1. The molecule has 20 heavy (non-hydrogen) atoms. The van der Waals surface area contributed by atoms with Crippen LogP contribution < -0.4 is 4.90 Å². The summed E-state index contributed by atoms with van der Waals surface area (Å²) < 4.78 is 11.9. The van der Waals surface area contributed by atoms with Crippen LogP contribution in [0.25, 0.3) is 0 Å². The molecule has 1 aliphatic rings. The summed E-state index contributed by atoms with van der Waals surface area (Å²) in [6, 6.07) is 4.62. The van der Waals surface area contributed by atoms with Gasteiger partial charge in [0, 0.05) is 5.56 Å². The second kappa shape index (κ2) is 5.82. The maximum atomic E-state index is 12.0. The predicted octanol–water partition coefficient (Wildman–Crippen LogP) is -0.303. The van der Waals surface area contributed by atoms with Gasteiger partial charge >= 0.3 is 0 Å². The molecule has 7 heteroatoms. The Morgan fingerprint density at radius 3 is 2.80 bits per heavy atom. The average molecular weight is 297 g/mol. The highest BCUT2D eigenvalue weighted by Gasteiger charge is 2.30. The normalized spacial score (nSPS) is 19.6. The number of rotatable bonds is 4. The molecule has 0 aliphatic carbocycles. The van der Waals surface area contributed by atoms with E-state index in [9.17, 15) is 18.9 Å². The second-order valence-electron chi connectivity index (χ2n) is 4.57. The van der Waals surface area contributed by atoms with E-state index in [-0.39, 0.29) is 18.1 Å². The maximum Gasteiger partial charge on any atom is 0.240 e. The number of amides is 1. The largest absolute Gasteiger partial charge is 0.394 e. The molecule has 1 heterocycles. The zero-order chi connectivity index (χ0) is 14.9. The highest BCUT2D eigenvalue weighted by molar-refractivity contribution is 7.86. The highest BCUT2D eigenvalue weighted by atomic mass is 32.2. The fraction of sp³-hybridized carbons (Fsp3) is 0.385. The van der Waals surface area contributed by atoms with Crippen molar-refractivity contribution in [3.05, 3.63) is 23.8 Å². The topological polar surface area (TPSA) is 94.9 Å². The van der Waals surface area contributed by atoms with Gasteiger partial charge in [0.2, 0.25) is 5.91 Å². The second-order valence-corrected chi connectivity index (χ2v) is 5.99. The van der Waals surface area contributed by atoms with Gasteiger partial charge in [-0.05, 0) is 19.1 Å². The van der Waals surface area contributed by atoms with Gasteiger partial charge in [-0.1, -0.05) is 6.07 Å². The smallest absolute Gasteiger partial charge is 0.240 e. The molecule has 0 saturated heterocycles. The van der Waals surface area contributed by atoms with Crippen LogP contribution in [0.4, 0.5) is 5.69 Å². The van der Waals surface area contributed by atoms with Gasteiger partial charge in [0.05, 0.1) is 40.6 Å². The Bertz CT molecular complexity index is 586. The standard InChI is InChI=1S/C13H15NO5S/c1-8(16)9-2-3-12-11(4-9)14(5-10(17)6-15)13(18)7-20(12)19/h2-4,10,15,17H,5-7H2,1H3.